The molecule has 102 valence electrons. The third-order valence-electron chi connectivity index (χ3n) is 2.74. The molecule has 0 aliphatic rings. The second-order valence-corrected chi connectivity index (χ2v) is 5.23. The predicted octanol–water partition coefficient (Wildman–Crippen LogP) is 2.79. The first-order valence-electron chi connectivity index (χ1n) is 6.52. The second kappa shape index (κ2) is 8.43. The van der Waals surface area contributed by atoms with E-state index in [0.717, 1.165) is 54.9 Å². The van der Waals surface area contributed by atoms with E-state index in [1.165, 1.54) is 0 Å². The van der Waals surface area contributed by atoms with Crippen LogP contribution in [0.5, 0.6) is 0 Å². The van der Waals surface area contributed by atoms with Gasteiger partial charge in [0.15, 0.2) is 0 Å². The highest BCUT2D eigenvalue weighted by Crippen LogP contribution is 2.16. The average molecular weight is 316 g/mol. The molecule has 0 radical (unpaired) electrons. The lowest BCUT2D eigenvalue weighted by Gasteiger charge is -2.18. The van der Waals surface area contributed by atoms with Crippen LogP contribution in [0.25, 0.3) is 0 Å². The Labute approximate surface area is 118 Å². The molecule has 5 heteroatoms. The van der Waals surface area contributed by atoms with Crippen LogP contribution in [0.2, 0.25) is 0 Å². The smallest absolute Gasteiger partial charge is 0.133 e. The molecule has 0 aliphatic heterocycles. The van der Waals surface area contributed by atoms with Gasteiger partial charge in [-0.15, -0.1) is 0 Å². The largest absolute Gasteiger partial charge is 0.396 e. The summed E-state index contributed by atoms with van der Waals surface area (Å²) in [5.41, 5.74) is 0. The van der Waals surface area contributed by atoms with E-state index in [-0.39, 0.29) is 6.61 Å². The van der Waals surface area contributed by atoms with Gasteiger partial charge in [0.2, 0.25) is 0 Å². The van der Waals surface area contributed by atoms with E-state index in [4.69, 9.17) is 5.11 Å². The van der Waals surface area contributed by atoms with Gasteiger partial charge < -0.3 is 10.0 Å². The van der Waals surface area contributed by atoms with Crippen LogP contribution in [0.4, 0.5) is 5.82 Å². The van der Waals surface area contributed by atoms with Crippen LogP contribution >= 0.6 is 15.9 Å². The van der Waals surface area contributed by atoms with Crippen LogP contribution in [-0.2, 0) is 6.42 Å². The van der Waals surface area contributed by atoms with Gasteiger partial charge >= 0.3 is 0 Å². The predicted molar refractivity (Wildman–Crippen MR) is 77.9 cm³/mol. The number of unbranched alkanes of at least 4 members (excludes halogenated alkanes) is 2. The normalized spacial score (nSPS) is 10.7. The molecule has 0 bridgehead atoms. The zero-order chi connectivity index (χ0) is 13.4. The fraction of sp³-hybridized carbons (Fsp3) is 0.692. The van der Waals surface area contributed by atoms with Crippen LogP contribution in [0.3, 0.4) is 0 Å². The van der Waals surface area contributed by atoms with Gasteiger partial charge in [-0.05, 0) is 41.6 Å². The van der Waals surface area contributed by atoms with Crippen LogP contribution < -0.4 is 4.90 Å². The van der Waals surface area contributed by atoms with Crippen molar-refractivity contribution in [2.75, 3.05) is 25.1 Å². The zero-order valence-corrected chi connectivity index (χ0v) is 12.8. The van der Waals surface area contributed by atoms with E-state index in [9.17, 15) is 0 Å². The number of hydrogen-bond acceptors (Lipinski definition) is 4. The number of aliphatic hydroxyl groups is 1. The average Bonchev–Trinajstić information content (AvgIpc) is 2.34. The minimum Gasteiger partial charge on any atom is -0.396 e. The third-order valence-corrected chi connectivity index (χ3v) is 3.15. The number of aromatic nitrogens is 2. The lowest BCUT2D eigenvalue weighted by molar-refractivity contribution is 0.283. The van der Waals surface area contributed by atoms with E-state index >= 15 is 0 Å². The van der Waals surface area contributed by atoms with Gasteiger partial charge in [-0.1, -0.05) is 6.92 Å². The van der Waals surface area contributed by atoms with Gasteiger partial charge in [-0.2, -0.15) is 0 Å². The first-order chi connectivity index (χ1) is 8.67. The molecule has 0 saturated carbocycles. The molecule has 0 aromatic carbocycles. The van der Waals surface area contributed by atoms with E-state index in [0.29, 0.717) is 0 Å². The number of halogens is 1. The molecule has 4 nitrogen and oxygen atoms in total. The summed E-state index contributed by atoms with van der Waals surface area (Å²) >= 11 is 3.43. The summed E-state index contributed by atoms with van der Waals surface area (Å²) in [6, 6.07) is 1.95. The number of aliphatic hydroxyl groups excluding tert-OH is 1. The number of nitrogens with zero attached hydrogens (tertiary/aromatic N) is 3. The van der Waals surface area contributed by atoms with Gasteiger partial charge in [-0.25, -0.2) is 9.97 Å². The Kier molecular flexibility index (Phi) is 7.20. The van der Waals surface area contributed by atoms with Crippen molar-refractivity contribution < 1.29 is 5.11 Å². The number of rotatable bonds is 8. The lowest BCUT2D eigenvalue weighted by atomic mass is 10.2. The summed E-state index contributed by atoms with van der Waals surface area (Å²) in [5, 5.41) is 8.74. The summed E-state index contributed by atoms with van der Waals surface area (Å²) in [6.45, 7) is 3.36. The summed E-state index contributed by atoms with van der Waals surface area (Å²) in [4.78, 5) is 11.1. The molecule has 0 aliphatic carbocycles. The van der Waals surface area contributed by atoms with Gasteiger partial charge in [-0.3, -0.25) is 0 Å². The molecule has 0 atom stereocenters. The molecule has 18 heavy (non-hydrogen) atoms. The van der Waals surface area contributed by atoms with Crippen molar-refractivity contribution in [2.45, 2.75) is 39.0 Å². The summed E-state index contributed by atoms with van der Waals surface area (Å²) in [5.74, 6) is 1.86. The number of hydrogen-bond donors (Lipinski definition) is 1. The Hall–Kier alpha value is -0.680. The Morgan fingerprint density at radius 2 is 2.06 bits per heavy atom. The molecule has 0 fully saturated rings. The van der Waals surface area contributed by atoms with E-state index in [2.05, 4.69) is 37.7 Å². The Morgan fingerprint density at radius 3 is 2.72 bits per heavy atom. The van der Waals surface area contributed by atoms with Crippen molar-refractivity contribution in [1.82, 2.24) is 9.97 Å². The summed E-state index contributed by atoms with van der Waals surface area (Å²) < 4.78 is 0.846. The van der Waals surface area contributed by atoms with Crippen molar-refractivity contribution in [2.24, 2.45) is 0 Å². The monoisotopic (exact) mass is 315 g/mol. The Morgan fingerprint density at radius 1 is 1.28 bits per heavy atom. The summed E-state index contributed by atoms with van der Waals surface area (Å²) in [6.07, 6.45) is 4.96. The highest BCUT2D eigenvalue weighted by molar-refractivity contribution is 9.10. The number of anilines is 1. The number of aryl methyl sites for hydroxylation is 1. The van der Waals surface area contributed by atoms with Gasteiger partial charge in [0.05, 0.1) is 0 Å². The van der Waals surface area contributed by atoms with Crippen molar-refractivity contribution >= 4 is 21.7 Å². The highest BCUT2D eigenvalue weighted by atomic mass is 79.9. The van der Waals surface area contributed by atoms with E-state index in [1.807, 2.05) is 13.1 Å². The maximum absolute atomic E-state index is 8.74. The first-order valence-corrected chi connectivity index (χ1v) is 7.32. The van der Waals surface area contributed by atoms with Crippen LogP contribution in [0.1, 0.15) is 38.4 Å². The quantitative estimate of drug-likeness (QED) is 0.592. The molecular weight excluding hydrogens is 294 g/mol. The van der Waals surface area contributed by atoms with Crippen LogP contribution in [0, 0.1) is 0 Å². The van der Waals surface area contributed by atoms with Crippen molar-refractivity contribution in [1.29, 1.82) is 0 Å². The van der Waals surface area contributed by atoms with Crippen molar-refractivity contribution in [3.8, 4) is 0 Å². The van der Waals surface area contributed by atoms with Crippen LogP contribution in [0.15, 0.2) is 10.7 Å². The van der Waals surface area contributed by atoms with Gasteiger partial charge in [0.1, 0.15) is 16.2 Å². The minimum atomic E-state index is 0.281. The minimum absolute atomic E-state index is 0.281. The molecule has 1 heterocycles. The highest BCUT2D eigenvalue weighted by Gasteiger charge is 2.06. The molecule has 1 aromatic heterocycles. The van der Waals surface area contributed by atoms with Gasteiger partial charge in [0, 0.05) is 32.7 Å². The molecule has 1 aromatic rings. The molecule has 0 spiro atoms. The van der Waals surface area contributed by atoms with Gasteiger partial charge in [0.25, 0.3) is 0 Å². The molecule has 1 N–H and O–H groups in total. The van der Waals surface area contributed by atoms with E-state index < -0.39 is 0 Å². The maximum Gasteiger partial charge on any atom is 0.133 e. The fourth-order valence-corrected chi connectivity index (χ4v) is 2.14. The molecule has 0 saturated heterocycles. The summed E-state index contributed by atoms with van der Waals surface area (Å²) in [7, 11) is 2.05. The van der Waals surface area contributed by atoms with Crippen molar-refractivity contribution in [3.05, 3.63) is 16.5 Å². The van der Waals surface area contributed by atoms with E-state index in [1.54, 1.807) is 0 Å². The Balaban J connectivity index is 2.58. The SMILES string of the molecule is CCCc1nc(Br)cc(N(C)CCCCCO)n1. The molecule has 0 unspecified atom stereocenters. The fourth-order valence-electron chi connectivity index (χ4n) is 1.73. The zero-order valence-electron chi connectivity index (χ0n) is 11.2. The molecule has 1 rings (SSSR count). The molecule has 0 amide bonds. The Bertz CT molecular complexity index is 360. The standard InChI is InChI=1S/C13H22BrN3O/c1-3-7-12-15-11(14)10-13(16-12)17(2)8-5-4-6-9-18/h10,18H,3-9H2,1-2H3. The molecular formula is C13H22BrN3O. The topological polar surface area (TPSA) is 49.2 Å². The maximum atomic E-state index is 8.74. The second-order valence-electron chi connectivity index (χ2n) is 4.42. The third kappa shape index (κ3) is 5.31. The lowest BCUT2D eigenvalue weighted by Crippen LogP contribution is -2.20. The van der Waals surface area contributed by atoms with Crippen molar-refractivity contribution in [3.63, 3.8) is 0 Å². The van der Waals surface area contributed by atoms with Crippen LogP contribution in [-0.4, -0.2) is 35.3 Å². The first kappa shape index (κ1) is 15.4.